The molecular weight excluding hydrogens is 408 g/mol. The third kappa shape index (κ3) is 3.71. The standard InChI is InChI=1S/C14H16Br2O3S/c1-20(18,19)11-4-2-3-9(7-11)14(17)12-8-10(15)5-6-13(12)16/h5-6,8-9,11H,2-4,7H2,1H3. The Bertz CT molecular complexity index is 625. The van der Waals surface area contributed by atoms with E-state index in [1.165, 1.54) is 6.26 Å². The number of rotatable bonds is 3. The summed E-state index contributed by atoms with van der Waals surface area (Å²) in [5.41, 5.74) is 0.624. The number of carbonyl (C=O) groups is 1. The molecule has 1 aliphatic carbocycles. The highest BCUT2D eigenvalue weighted by molar-refractivity contribution is 9.11. The topological polar surface area (TPSA) is 51.2 Å². The van der Waals surface area contributed by atoms with Crippen LogP contribution in [-0.4, -0.2) is 25.7 Å². The number of hydrogen-bond acceptors (Lipinski definition) is 3. The van der Waals surface area contributed by atoms with Gasteiger partial charge in [-0.05, 0) is 37.5 Å². The first-order valence-corrected chi connectivity index (χ1v) is 10.0. The molecule has 110 valence electrons. The molecule has 20 heavy (non-hydrogen) atoms. The van der Waals surface area contributed by atoms with E-state index < -0.39 is 9.84 Å². The highest BCUT2D eigenvalue weighted by Crippen LogP contribution is 2.33. The fourth-order valence-electron chi connectivity index (χ4n) is 2.68. The minimum absolute atomic E-state index is 0.0338. The number of benzene rings is 1. The Labute approximate surface area is 136 Å². The van der Waals surface area contributed by atoms with Crippen LogP contribution in [0.1, 0.15) is 36.0 Å². The SMILES string of the molecule is CS(=O)(=O)C1CCCC(C(=O)c2cc(Br)ccc2Br)C1. The number of sulfone groups is 1. The van der Waals surface area contributed by atoms with Crippen molar-refractivity contribution in [2.24, 2.45) is 5.92 Å². The molecule has 2 unspecified atom stereocenters. The molecule has 0 radical (unpaired) electrons. The van der Waals surface area contributed by atoms with Crippen LogP contribution in [0.25, 0.3) is 0 Å². The molecule has 0 amide bonds. The van der Waals surface area contributed by atoms with Gasteiger partial charge in [-0.3, -0.25) is 4.79 Å². The molecule has 2 atom stereocenters. The maximum absolute atomic E-state index is 12.6. The van der Waals surface area contributed by atoms with Crippen molar-refractivity contribution in [3.63, 3.8) is 0 Å². The lowest BCUT2D eigenvalue weighted by Gasteiger charge is -2.27. The summed E-state index contributed by atoms with van der Waals surface area (Å²) in [6.07, 6.45) is 3.93. The molecule has 0 aliphatic heterocycles. The van der Waals surface area contributed by atoms with Gasteiger partial charge in [0, 0.05) is 26.7 Å². The lowest BCUT2D eigenvalue weighted by molar-refractivity contribution is 0.0890. The van der Waals surface area contributed by atoms with Crippen LogP contribution < -0.4 is 0 Å². The van der Waals surface area contributed by atoms with E-state index in [-0.39, 0.29) is 17.0 Å². The lowest BCUT2D eigenvalue weighted by Crippen LogP contribution is -2.31. The van der Waals surface area contributed by atoms with E-state index in [0.717, 1.165) is 21.8 Å². The highest BCUT2D eigenvalue weighted by atomic mass is 79.9. The van der Waals surface area contributed by atoms with Crippen molar-refractivity contribution in [3.05, 3.63) is 32.7 Å². The second kappa shape index (κ2) is 6.28. The second-order valence-electron chi connectivity index (χ2n) is 5.30. The Hall–Kier alpha value is -0.200. The van der Waals surface area contributed by atoms with Crippen LogP contribution in [0, 0.1) is 5.92 Å². The molecule has 0 heterocycles. The Morgan fingerprint density at radius 3 is 2.60 bits per heavy atom. The van der Waals surface area contributed by atoms with Crippen molar-refractivity contribution >= 4 is 47.5 Å². The van der Waals surface area contributed by atoms with E-state index in [9.17, 15) is 13.2 Å². The normalized spacial score (nSPS) is 23.6. The number of ketones is 1. The molecule has 0 saturated heterocycles. The number of carbonyl (C=O) groups excluding carboxylic acids is 1. The van der Waals surface area contributed by atoms with Gasteiger partial charge in [0.1, 0.15) is 9.84 Å². The van der Waals surface area contributed by atoms with Gasteiger partial charge < -0.3 is 0 Å². The second-order valence-corrected chi connectivity index (χ2v) is 9.40. The first-order valence-electron chi connectivity index (χ1n) is 6.47. The van der Waals surface area contributed by atoms with Gasteiger partial charge in [0.15, 0.2) is 5.78 Å². The Morgan fingerprint density at radius 1 is 1.25 bits per heavy atom. The van der Waals surface area contributed by atoms with Crippen molar-refractivity contribution in [1.82, 2.24) is 0 Å². The molecule has 1 aromatic rings. The molecule has 6 heteroatoms. The van der Waals surface area contributed by atoms with E-state index >= 15 is 0 Å². The minimum Gasteiger partial charge on any atom is -0.294 e. The molecule has 0 spiro atoms. The average Bonchev–Trinajstić information content (AvgIpc) is 2.40. The van der Waals surface area contributed by atoms with Crippen LogP contribution in [0.2, 0.25) is 0 Å². The largest absolute Gasteiger partial charge is 0.294 e. The average molecular weight is 424 g/mol. The summed E-state index contributed by atoms with van der Waals surface area (Å²) >= 11 is 6.76. The van der Waals surface area contributed by atoms with E-state index in [2.05, 4.69) is 31.9 Å². The molecule has 3 nitrogen and oxygen atoms in total. The van der Waals surface area contributed by atoms with Gasteiger partial charge in [0.25, 0.3) is 0 Å². The first-order chi connectivity index (χ1) is 9.29. The fraction of sp³-hybridized carbons (Fsp3) is 0.500. The summed E-state index contributed by atoms with van der Waals surface area (Å²) in [4.78, 5) is 12.6. The van der Waals surface area contributed by atoms with Gasteiger partial charge >= 0.3 is 0 Å². The van der Waals surface area contributed by atoms with Gasteiger partial charge in [-0.25, -0.2) is 8.42 Å². The summed E-state index contributed by atoms with van der Waals surface area (Å²) in [7, 11) is -3.07. The smallest absolute Gasteiger partial charge is 0.167 e. The van der Waals surface area contributed by atoms with Gasteiger partial charge in [-0.2, -0.15) is 0 Å². The van der Waals surface area contributed by atoms with Crippen LogP contribution in [0.5, 0.6) is 0 Å². The van der Waals surface area contributed by atoms with Gasteiger partial charge in [0.05, 0.1) is 5.25 Å². The summed E-state index contributed by atoms with van der Waals surface area (Å²) in [6, 6.07) is 5.48. The van der Waals surface area contributed by atoms with Crippen molar-refractivity contribution in [2.45, 2.75) is 30.9 Å². The van der Waals surface area contributed by atoms with Crippen molar-refractivity contribution in [3.8, 4) is 0 Å². The van der Waals surface area contributed by atoms with Crippen LogP contribution >= 0.6 is 31.9 Å². The van der Waals surface area contributed by atoms with E-state index in [1.807, 2.05) is 12.1 Å². The predicted molar refractivity (Wildman–Crippen MR) is 86.8 cm³/mol. The summed E-state index contributed by atoms with van der Waals surface area (Å²) in [5, 5.41) is -0.379. The highest BCUT2D eigenvalue weighted by Gasteiger charge is 2.33. The Balaban J connectivity index is 2.23. The molecular formula is C14H16Br2O3S. The zero-order valence-electron chi connectivity index (χ0n) is 11.1. The maximum Gasteiger partial charge on any atom is 0.167 e. The number of halogens is 2. The molecule has 0 aromatic heterocycles. The van der Waals surface area contributed by atoms with Crippen LogP contribution in [0.4, 0.5) is 0 Å². The fourth-order valence-corrected chi connectivity index (χ4v) is 4.66. The third-order valence-electron chi connectivity index (χ3n) is 3.80. The molecule has 1 saturated carbocycles. The van der Waals surface area contributed by atoms with E-state index in [1.54, 1.807) is 6.07 Å². The van der Waals surface area contributed by atoms with Gasteiger partial charge in [0.2, 0.25) is 0 Å². The quantitative estimate of drug-likeness (QED) is 0.690. The molecule has 1 aliphatic rings. The zero-order chi connectivity index (χ0) is 14.9. The lowest BCUT2D eigenvalue weighted by atomic mass is 9.83. The summed E-state index contributed by atoms with van der Waals surface area (Å²) in [6.45, 7) is 0. The molecule has 2 rings (SSSR count). The minimum atomic E-state index is -3.07. The maximum atomic E-state index is 12.6. The summed E-state index contributed by atoms with van der Waals surface area (Å²) < 4.78 is 25.0. The zero-order valence-corrected chi connectivity index (χ0v) is 15.1. The van der Waals surface area contributed by atoms with Crippen molar-refractivity contribution < 1.29 is 13.2 Å². The Morgan fingerprint density at radius 2 is 1.95 bits per heavy atom. The van der Waals surface area contributed by atoms with Crippen LogP contribution in [0.3, 0.4) is 0 Å². The van der Waals surface area contributed by atoms with E-state index in [4.69, 9.17) is 0 Å². The first kappa shape index (κ1) is 16.2. The van der Waals surface area contributed by atoms with Crippen LogP contribution in [0.15, 0.2) is 27.1 Å². The monoisotopic (exact) mass is 422 g/mol. The van der Waals surface area contributed by atoms with Gasteiger partial charge in [-0.15, -0.1) is 0 Å². The van der Waals surface area contributed by atoms with E-state index in [0.29, 0.717) is 18.4 Å². The molecule has 0 bridgehead atoms. The van der Waals surface area contributed by atoms with Gasteiger partial charge in [-0.1, -0.05) is 38.3 Å². The molecule has 1 aromatic carbocycles. The third-order valence-corrected chi connectivity index (χ3v) is 6.62. The Kier molecular flexibility index (Phi) is 5.08. The molecule has 1 fully saturated rings. The van der Waals surface area contributed by atoms with Crippen LogP contribution in [-0.2, 0) is 9.84 Å². The predicted octanol–water partition coefficient (Wildman–Crippen LogP) is 4.00. The number of hydrogen-bond donors (Lipinski definition) is 0. The van der Waals surface area contributed by atoms with Crippen molar-refractivity contribution in [2.75, 3.05) is 6.26 Å². The summed E-state index contributed by atoms with van der Waals surface area (Å²) in [5.74, 6) is -0.166. The van der Waals surface area contributed by atoms with Crippen molar-refractivity contribution in [1.29, 1.82) is 0 Å². The molecule has 0 N–H and O–H groups in total. The number of Topliss-reactive ketones (excluding diaryl/α,β-unsaturated/α-hetero) is 1.